The molecule has 2 aromatic carbocycles. The second-order valence-corrected chi connectivity index (χ2v) is 6.92. The molecule has 3 nitrogen and oxygen atoms in total. The lowest BCUT2D eigenvalue weighted by atomic mass is 10.1. The number of hydrogen-bond donors (Lipinski definition) is 0. The molecule has 2 rings (SSSR count). The normalized spacial score (nSPS) is 10.6. The zero-order chi connectivity index (χ0) is 19.3. The smallest absolute Gasteiger partial charge is 0.343 e. The fourth-order valence-electron chi connectivity index (χ4n) is 2.94. The molecule has 0 saturated carbocycles. The first-order valence-corrected chi connectivity index (χ1v) is 10.3. The number of aryl methyl sites for hydroxylation is 1. The van der Waals surface area contributed by atoms with E-state index in [0.29, 0.717) is 11.3 Å². The average molecular weight is 369 g/mol. The zero-order valence-electron chi connectivity index (χ0n) is 16.7. The Kier molecular flexibility index (Phi) is 9.47. The molecule has 0 unspecified atom stereocenters. The molecular formula is C24H32O3. The van der Waals surface area contributed by atoms with Crippen molar-refractivity contribution in [2.45, 2.75) is 65.2 Å². The van der Waals surface area contributed by atoms with Crippen molar-refractivity contribution in [3.63, 3.8) is 0 Å². The molecule has 0 amide bonds. The fourth-order valence-corrected chi connectivity index (χ4v) is 2.94. The molecule has 0 spiro atoms. The molecule has 0 bridgehead atoms. The van der Waals surface area contributed by atoms with Crippen molar-refractivity contribution in [1.29, 1.82) is 0 Å². The molecule has 0 aromatic heterocycles. The number of rotatable bonds is 12. The molecule has 27 heavy (non-hydrogen) atoms. The van der Waals surface area contributed by atoms with E-state index in [1.165, 1.54) is 37.7 Å². The van der Waals surface area contributed by atoms with Gasteiger partial charge in [-0.25, -0.2) is 4.79 Å². The van der Waals surface area contributed by atoms with Gasteiger partial charge in [0.15, 0.2) is 0 Å². The predicted molar refractivity (Wildman–Crippen MR) is 111 cm³/mol. The van der Waals surface area contributed by atoms with Crippen molar-refractivity contribution in [2.75, 3.05) is 6.61 Å². The maximum absolute atomic E-state index is 12.2. The summed E-state index contributed by atoms with van der Waals surface area (Å²) in [5.74, 6) is 1.01. The monoisotopic (exact) mass is 368 g/mol. The molecule has 0 N–H and O–H groups in total. The molecule has 0 saturated heterocycles. The largest absolute Gasteiger partial charge is 0.494 e. The lowest BCUT2D eigenvalue weighted by Crippen LogP contribution is -2.08. The SMILES string of the molecule is CCCCCCCCOc1ccc(OC(=O)c2ccc(CCC)cc2)cc1. The Hall–Kier alpha value is -2.29. The number of hydrogen-bond acceptors (Lipinski definition) is 3. The number of esters is 1. The van der Waals surface area contributed by atoms with E-state index in [-0.39, 0.29) is 5.97 Å². The molecule has 0 aliphatic carbocycles. The fraction of sp³-hybridized carbons (Fsp3) is 0.458. The minimum atomic E-state index is -0.334. The molecule has 0 atom stereocenters. The van der Waals surface area contributed by atoms with E-state index in [0.717, 1.165) is 31.6 Å². The van der Waals surface area contributed by atoms with E-state index in [9.17, 15) is 4.79 Å². The van der Waals surface area contributed by atoms with Gasteiger partial charge in [0.2, 0.25) is 0 Å². The van der Waals surface area contributed by atoms with Gasteiger partial charge in [-0.05, 0) is 54.8 Å². The van der Waals surface area contributed by atoms with Crippen LogP contribution >= 0.6 is 0 Å². The van der Waals surface area contributed by atoms with Crippen molar-refractivity contribution in [3.8, 4) is 11.5 Å². The van der Waals surface area contributed by atoms with Crippen molar-refractivity contribution >= 4 is 5.97 Å². The topological polar surface area (TPSA) is 35.5 Å². The van der Waals surface area contributed by atoms with Crippen LogP contribution in [0.2, 0.25) is 0 Å². The maximum atomic E-state index is 12.2. The van der Waals surface area contributed by atoms with Gasteiger partial charge in [-0.2, -0.15) is 0 Å². The number of carbonyl (C=O) groups excluding carboxylic acids is 1. The van der Waals surface area contributed by atoms with Crippen molar-refractivity contribution in [3.05, 3.63) is 59.7 Å². The van der Waals surface area contributed by atoms with Crippen molar-refractivity contribution in [2.24, 2.45) is 0 Å². The highest BCUT2D eigenvalue weighted by Crippen LogP contribution is 2.19. The van der Waals surface area contributed by atoms with Gasteiger partial charge in [0.25, 0.3) is 0 Å². The molecule has 3 heteroatoms. The second-order valence-electron chi connectivity index (χ2n) is 6.92. The van der Waals surface area contributed by atoms with Crippen LogP contribution in [0.25, 0.3) is 0 Å². The quantitative estimate of drug-likeness (QED) is 0.240. The van der Waals surface area contributed by atoms with E-state index in [4.69, 9.17) is 9.47 Å². The van der Waals surface area contributed by atoms with Crippen LogP contribution in [0, 0.1) is 0 Å². The Balaban J connectivity index is 1.73. The number of benzene rings is 2. The Bertz CT molecular complexity index is 659. The summed E-state index contributed by atoms with van der Waals surface area (Å²) in [7, 11) is 0. The minimum Gasteiger partial charge on any atom is -0.494 e. The zero-order valence-corrected chi connectivity index (χ0v) is 16.7. The van der Waals surface area contributed by atoms with Crippen LogP contribution in [0.3, 0.4) is 0 Å². The molecule has 0 heterocycles. The van der Waals surface area contributed by atoms with Gasteiger partial charge in [-0.15, -0.1) is 0 Å². The van der Waals surface area contributed by atoms with Gasteiger partial charge in [-0.1, -0.05) is 64.5 Å². The van der Waals surface area contributed by atoms with Crippen LogP contribution in [0.5, 0.6) is 11.5 Å². The summed E-state index contributed by atoms with van der Waals surface area (Å²) in [4.78, 5) is 12.2. The van der Waals surface area contributed by atoms with Crippen LogP contribution < -0.4 is 9.47 Å². The third-order valence-corrected chi connectivity index (χ3v) is 4.53. The summed E-state index contributed by atoms with van der Waals surface area (Å²) in [5, 5.41) is 0. The predicted octanol–water partition coefficient (Wildman–Crippen LogP) is 6.60. The van der Waals surface area contributed by atoms with Gasteiger partial charge in [0, 0.05) is 0 Å². The van der Waals surface area contributed by atoms with Gasteiger partial charge in [0.1, 0.15) is 11.5 Å². The van der Waals surface area contributed by atoms with Gasteiger partial charge in [-0.3, -0.25) is 0 Å². The standard InChI is InChI=1S/C24H32O3/c1-3-5-6-7-8-9-19-26-22-15-17-23(18-16-22)27-24(25)21-13-11-20(10-4-2)12-14-21/h11-18H,3-10,19H2,1-2H3. The molecule has 0 radical (unpaired) electrons. The third kappa shape index (κ3) is 7.86. The molecule has 146 valence electrons. The maximum Gasteiger partial charge on any atom is 0.343 e. The highest BCUT2D eigenvalue weighted by Gasteiger charge is 2.08. The van der Waals surface area contributed by atoms with Crippen molar-refractivity contribution in [1.82, 2.24) is 0 Å². The minimum absolute atomic E-state index is 0.334. The number of carbonyl (C=O) groups is 1. The Morgan fingerprint density at radius 1 is 0.741 bits per heavy atom. The lowest BCUT2D eigenvalue weighted by Gasteiger charge is -2.08. The summed E-state index contributed by atoms with van der Waals surface area (Å²) in [5.41, 5.74) is 1.80. The summed E-state index contributed by atoms with van der Waals surface area (Å²) in [6.45, 7) is 5.10. The number of unbranched alkanes of at least 4 members (excludes halogenated alkanes) is 5. The Labute approximate surface area is 163 Å². The molecule has 2 aromatic rings. The molecule has 0 aliphatic rings. The average Bonchev–Trinajstić information content (AvgIpc) is 2.69. The summed E-state index contributed by atoms with van der Waals surface area (Å²) in [6.07, 6.45) is 9.61. The van der Waals surface area contributed by atoms with E-state index < -0.39 is 0 Å². The van der Waals surface area contributed by atoms with Crippen LogP contribution in [0.4, 0.5) is 0 Å². The lowest BCUT2D eigenvalue weighted by molar-refractivity contribution is 0.0734. The second kappa shape index (κ2) is 12.2. The summed E-state index contributed by atoms with van der Waals surface area (Å²) in [6, 6.07) is 14.9. The van der Waals surface area contributed by atoms with Gasteiger partial charge < -0.3 is 9.47 Å². The third-order valence-electron chi connectivity index (χ3n) is 4.53. The Morgan fingerprint density at radius 2 is 1.37 bits per heavy atom. The van der Waals surface area contributed by atoms with Crippen LogP contribution in [-0.4, -0.2) is 12.6 Å². The highest BCUT2D eigenvalue weighted by atomic mass is 16.5. The van der Waals surface area contributed by atoms with E-state index in [1.54, 1.807) is 12.1 Å². The first kappa shape index (κ1) is 21.0. The van der Waals surface area contributed by atoms with E-state index in [2.05, 4.69) is 13.8 Å². The van der Waals surface area contributed by atoms with Crippen LogP contribution in [-0.2, 0) is 6.42 Å². The van der Waals surface area contributed by atoms with Crippen LogP contribution in [0.1, 0.15) is 74.7 Å². The van der Waals surface area contributed by atoms with E-state index in [1.807, 2.05) is 36.4 Å². The molecular weight excluding hydrogens is 336 g/mol. The van der Waals surface area contributed by atoms with E-state index >= 15 is 0 Å². The van der Waals surface area contributed by atoms with Crippen molar-refractivity contribution < 1.29 is 14.3 Å². The first-order chi connectivity index (χ1) is 13.2. The summed E-state index contributed by atoms with van der Waals surface area (Å²) >= 11 is 0. The summed E-state index contributed by atoms with van der Waals surface area (Å²) < 4.78 is 11.2. The van der Waals surface area contributed by atoms with Gasteiger partial charge in [0.05, 0.1) is 12.2 Å². The first-order valence-electron chi connectivity index (χ1n) is 10.3. The van der Waals surface area contributed by atoms with Gasteiger partial charge >= 0.3 is 5.97 Å². The molecule has 0 fully saturated rings. The highest BCUT2D eigenvalue weighted by molar-refractivity contribution is 5.91. The molecule has 0 aliphatic heterocycles. The number of ether oxygens (including phenoxy) is 2. The van der Waals surface area contributed by atoms with Crippen LogP contribution in [0.15, 0.2) is 48.5 Å². The Morgan fingerprint density at radius 3 is 2.04 bits per heavy atom.